The van der Waals surface area contributed by atoms with Crippen LogP contribution in [0.4, 0.5) is 16.2 Å². The minimum absolute atomic E-state index is 0.0659. The van der Waals surface area contributed by atoms with Crippen LogP contribution >= 0.6 is 11.6 Å². The van der Waals surface area contributed by atoms with Crippen molar-refractivity contribution in [3.63, 3.8) is 0 Å². The first-order chi connectivity index (χ1) is 8.09. The molecule has 7 heteroatoms. The summed E-state index contributed by atoms with van der Waals surface area (Å²) in [5, 5.41) is 13.5. The molecule has 1 aromatic carbocycles. The second kappa shape index (κ2) is 4.58. The number of carbonyl (C=O) groups excluding carboxylic acids is 1. The van der Waals surface area contributed by atoms with Crippen LogP contribution in [0.2, 0.25) is 5.02 Å². The Hall–Kier alpha value is -1.82. The Morgan fingerprint density at radius 3 is 2.88 bits per heavy atom. The fourth-order valence-corrected chi connectivity index (χ4v) is 1.87. The highest BCUT2D eigenvalue weighted by Gasteiger charge is 2.22. The number of nitrogens with one attached hydrogen (secondary N) is 1. The SMILES string of the molecule is O=C1NCCCN1c1ccc(Cl)c([N+](=O)[O-])c1. The van der Waals surface area contributed by atoms with Gasteiger partial charge in [0.2, 0.25) is 0 Å². The third-order valence-electron chi connectivity index (χ3n) is 2.52. The minimum Gasteiger partial charge on any atom is -0.338 e. The fourth-order valence-electron chi connectivity index (χ4n) is 1.68. The molecular weight excluding hydrogens is 246 g/mol. The zero-order chi connectivity index (χ0) is 12.4. The number of benzene rings is 1. The quantitative estimate of drug-likeness (QED) is 0.650. The molecule has 0 radical (unpaired) electrons. The molecule has 0 unspecified atom stereocenters. The third-order valence-corrected chi connectivity index (χ3v) is 2.84. The van der Waals surface area contributed by atoms with E-state index in [1.165, 1.54) is 17.0 Å². The number of hydrogen-bond acceptors (Lipinski definition) is 3. The van der Waals surface area contributed by atoms with Crippen molar-refractivity contribution in [3.8, 4) is 0 Å². The van der Waals surface area contributed by atoms with Crippen LogP contribution < -0.4 is 10.2 Å². The molecule has 1 heterocycles. The highest BCUT2D eigenvalue weighted by Crippen LogP contribution is 2.29. The van der Waals surface area contributed by atoms with E-state index in [1.54, 1.807) is 6.07 Å². The summed E-state index contributed by atoms with van der Waals surface area (Å²) >= 11 is 5.71. The predicted octanol–water partition coefficient (Wildman–Crippen LogP) is 2.17. The number of urea groups is 1. The monoisotopic (exact) mass is 255 g/mol. The van der Waals surface area contributed by atoms with Gasteiger partial charge in [-0.05, 0) is 18.6 Å². The van der Waals surface area contributed by atoms with Gasteiger partial charge in [0, 0.05) is 19.2 Å². The molecule has 1 fully saturated rings. The van der Waals surface area contributed by atoms with E-state index in [4.69, 9.17) is 11.6 Å². The Morgan fingerprint density at radius 2 is 2.24 bits per heavy atom. The number of nitro groups is 1. The molecule has 0 aromatic heterocycles. The van der Waals surface area contributed by atoms with Gasteiger partial charge in [-0.15, -0.1) is 0 Å². The number of rotatable bonds is 2. The van der Waals surface area contributed by atoms with Gasteiger partial charge in [-0.25, -0.2) is 4.79 Å². The van der Waals surface area contributed by atoms with Crippen molar-refractivity contribution in [1.82, 2.24) is 5.32 Å². The molecule has 0 saturated carbocycles. The molecule has 0 spiro atoms. The highest BCUT2D eigenvalue weighted by molar-refractivity contribution is 6.32. The molecule has 1 aliphatic rings. The molecule has 17 heavy (non-hydrogen) atoms. The molecule has 0 aliphatic carbocycles. The average Bonchev–Trinajstić information content (AvgIpc) is 2.30. The Kier molecular flexibility index (Phi) is 3.14. The molecule has 6 nitrogen and oxygen atoms in total. The molecule has 2 rings (SSSR count). The maximum atomic E-state index is 11.6. The summed E-state index contributed by atoms with van der Waals surface area (Å²) in [5.41, 5.74) is 0.292. The minimum atomic E-state index is -0.562. The van der Waals surface area contributed by atoms with E-state index >= 15 is 0 Å². The van der Waals surface area contributed by atoms with Gasteiger partial charge >= 0.3 is 6.03 Å². The van der Waals surface area contributed by atoms with Crippen LogP contribution in [0.5, 0.6) is 0 Å². The van der Waals surface area contributed by atoms with E-state index in [0.717, 1.165) is 6.42 Å². The number of anilines is 1. The van der Waals surface area contributed by atoms with Gasteiger partial charge in [-0.2, -0.15) is 0 Å². The maximum Gasteiger partial charge on any atom is 0.321 e. The second-order valence-corrected chi connectivity index (χ2v) is 4.04. The molecule has 1 aromatic rings. The maximum absolute atomic E-state index is 11.6. The average molecular weight is 256 g/mol. The van der Waals surface area contributed by atoms with E-state index in [0.29, 0.717) is 18.8 Å². The largest absolute Gasteiger partial charge is 0.338 e. The number of carbonyl (C=O) groups is 1. The lowest BCUT2D eigenvalue weighted by atomic mass is 10.2. The number of amides is 2. The van der Waals surface area contributed by atoms with E-state index in [9.17, 15) is 14.9 Å². The van der Waals surface area contributed by atoms with Crippen molar-refractivity contribution in [2.45, 2.75) is 6.42 Å². The number of nitrogens with zero attached hydrogens (tertiary/aromatic N) is 2. The highest BCUT2D eigenvalue weighted by atomic mass is 35.5. The normalized spacial score (nSPS) is 15.6. The Morgan fingerprint density at radius 1 is 1.47 bits per heavy atom. The lowest BCUT2D eigenvalue weighted by molar-refractivity contribution is -0.384. The molecule has 0 atom stereocenters. The topological polar surface area (TPSA) is 75.5 Å². The molecule has 90 valence electrons. The standard InChI is InChI=1S/C10H10ClN3O3/c11-8-3-2-7(6-9(8)14(16)17)13-5-1-4-12-10(13)15/h2-3,6H,1,4-5H2,(H,12,15). The van der Waals surface area contributed by atoms with E-state index in [-0.39, 0.29) is 16.7 Å². The summed E-state index contributed by atoms with van der Waals surface area (Å²) in [6.07, 6.45) is 0.808. The van der Waals surface area contributed by atoms with E-state index in [1.807, 2.05) is 0 Å². The first-order valence-electron chi connectivity index (χ1n) is 5.09. The van der Waals surface area contributed by atoms with E-state index in [2.05, 4.69) is 5.32 Å². The van der Waals surface area contributed by atoms with Gasteiger partial charge in [0.05, 0.1) is 10.6 Å². The molecule has 1 aliphatic heterocycles. The summed E-state index contributed by atoms with van der Waals surface area (Å²) in [5.74, 6) is 0. The summed E-state index contributed by atoms with van der Waals surface area (Å²) in [4.78, 5) is 23.2. The Balaban J connectivity index is 2.35. The van der Waals surface area contributed by atoms with Crippen molar-refractivity contribution in [3.05, 3.63) is 33.3 Å². The Bertz CT molecular complexity index is 478. The summed E-state index contributed by atoms with van der Waals surface area (Å²) in [6.45, 7) is 1.18. The van der Waals surface area contributed by atoms with Gasteiger partial charge in [0.1, 0.15) is 5.02 Å². The van der Waals surface area contributed by atoms with Crippen molar-refractivity contribution < 1.29 is 9.72 Å². The van der Waals surface area contributed by atoms with Gasteiger partial charge in [-0.3, -0.25) is 15.0 Å². The van der Waals surface area contributed by atoms with Crippen LogP contribution in [0.1, 0.15) is 6.42 Å². The summed E-state index contributed by atoms with van der Waals surface area (Å²) in [6, 6.07) is 4.09. The van der Waals surface area contributed by atoms with Crippen molar-refractivity contribution >= 4 is 29.0 Å². The molecule has 0 bridgehead atoms. The van der Waals surface area contributed by atoms with Crippen LogP contribution in [0.15, 0.2) is 18.2 Å². The summed E-state index contributed by atoms with van der Waals surface area (Å²) in [7, 11) is 0. The van der Waals surface area contributed by atoms with E-state index < -0.39 is 4.92 Å². The molecule has 1 N–H and O–H groups in total. The summed E-state index contributed by atoms with van der Waals surface area (Å²) < 4.78 is 0. The lowest BCUT2D eigenvalue weighted by Crippen LogP contribution is -2.46. The van der Waals surface area contributed by atoms with Crippen LogP contribution in [-0.2, 0) is 0 Å². The predicted molar refractivity (Wildman–Crippen MR) is 63.5 cm³/mol. The zero-order valence-electron chi connectivity index (χ0n) is 8.85. The number of hydrogen-bond donors (Lipinski definition) is 1. The molecular formula is C10H10ClN3O3. The van der Waals surface area contributed by atoms with Gasteiger partial charge in [0.25, 0.3) is 5.69 Å². The van der Waals surface area contributed by atoms with Crippen molar-refractivity contribution in [1.29, 1.82) is 0 Å². The number of nitro benzene ring substituents is 1. The van der Waals surface area contributed by atoms with Crippen LogP contribution in [0.3, 0.4) is 0 Å². The first-order valence-corrected chi connectivity index (χ1v) is 5.46. The zero-order valence-corrected chi connectivity index (χ0v) is 9.61. The number of halogens is 1. The smallest absolute Gasteiger partial charge is 0.321 e. The van der Waals surface area contributed by atoms with Gasteiger partial charge in [-0.1, -0.05) is 11.6 Å². The third kappa shape index (κ3) is 2.31. The lowest BCUT2D eigenvalue weighted by Gasteiger charge is -2.27. The molecule has 2 amide bonds. The van der Waals surface area contributed by atoms with Crippen LogP contribution in [0.25, 0.3) is 0 Å². The van der Waals surface area contributed by atoms with Gasteiger partial charge < -0.3 is 5.32 Å². The van der Waals surface area contributed by atoms with Crippen molar-refractivity contribution in [2.75, 3.05) is 18.0 Å². The van der Waals surface area contributed by atoms with Crippen molar-refractivity contribution in [2.24, 2.45) is 0 Å². The van der Waals surface area contributed by atoms with Crippen LogP contribution in [0, 0.1) is 10.1 Å². The van der Waals surface area contributed by atoms with Gasteiger partial charge in [0.15, 0.2) is 0 Å². The Labute approximate surface area is 102 Å². The van der Waals surface area contributed by atoms with Crippen LogP contribution in [-0.4, -0.2) is 24.0 Å². The fraction of sp³-hybridized carbons (Fsp3) is 0.300. The first kappa shape index (κ1) is 11.7. The molecule has 1 saturated heterocycles. The second-order valence-electron chi connectivity index (χ2n) is 3.63.